The molecule has 3 heteroatoms. The average molecular weight is 347 g/mol. The first-order valence-corrected chi connectivity index (χ1v) is 9.10. The molecule has 0 aliphatic heterocycles. The van der Waals surface area contributed by atoms with E-state index in [1.165, 1.54) is 12.8 Å². The molecular weight excluding hydrogens is 322 g/mol. The minimum absolute atomic E-state index is 0.239. The molecule has 0 saturated heterocycles. The van der Waals surface area contributed by atoms with Crippen molar-refractivity contribution in [3.05, 3.63) is 77.9 Å². The Morgan fingerprint density at radius 2 is 1.58 bits per heavy atom. The number of carbonyl (C=O) groups is 1. The largest absolute Gasteiger partial charge is 0.468 e. The van der Waals surface area contributed by atoms with Gasteiger partial charge in [0.25, 0.3) is 0 Å². The monoisotopic (exact) mass is 347 g/mol. The summed E-state index contributed by atoms with van der Waals surface area (Å²) in [6, 6.07) is 22.5. The highest BCUT2D eigenvalue weighted by molar-refractivity contribution is 5.93. The summed E-state index contributed by atoms with van der Waals surface area (Å²) in [5.74, 6) is -0.672. The van der Waals surface area contributed by atoms with Gasteiger partial charge in [-0.1, -0.05) is 54.6 Å². The van der Waals surface area contributed by atoms with Gasteiger partial charge >= 0.3 is 5.97 Å². The number of nitrogens with zero attached hydrogens (tertiary/aromatic N) is 1. The lowest BCUT2D eigenvalue weighted by Crippen LogP contribution is -2.22. The summed E-state index contributed by atoms with van der Waals surface area (Å²) < 4.78 is 5.14. The first-order chi connectivity index (χ1) is 12.7. The first-order valence-electron chi connectivity index (χ1n) is 9.10. The summed E-state index contributed by atoms with van der Waals surface area (Å²) >= 11 is 0. The molecule has 3 aromatic carbocycles. The molecule has 134 valence electrons. The van der Waals surface area contributed by atoms with Gasteiger partial charge in [0.15, 0.2) is 0 Å². The lowest BCUT2D eigenvalue weighted by molar-refractivity contribution is -0.141. The molecule has 1 atom stereocenters. The second-order valence-electron chi connectivity index (χ2n) is 6.29. The van der Waals surface area contributed by atoms with Crippen LogP contribution in [-0.4, -0.2) is 26.2 Å². The van der Waals surface area contributed by atoms with E-state index < -0.39 is 5.92 Å². The fourth-order valence-corrected chi connectivity index (χ4v) is 3.53. The topological polar surface area (TPSA) is 29.5 Å². The predicted octanol–water partition coefficient (Wildman–Crippen LogP) is 4.99. The highest BCUT2D eigenvalue weighted by atomic mass is 16.5. The summed E-state index contributed by atoms with van der Waals surface area (Å²) in [5.41, 5.74) is 3.09. The molecule has 3 aromatic rings. The summed E-state index contributed by atoms with van der Waals surface area (Å²) in [6.07, 6.45) is 0. The van der Waals surface area contributed by atoms with E-state index in [4.69, 9.17) is 4.74 Å². The number of ether oxygens (including phenoxy) is 1. The van der Waals surface area contributed by atoms with Gasteiger partial charge in [0.2, 0.25) is 0 Å². The van der Waals surface area contributed by atoms with Gasteiger partial charge in [0, 0.05) is 18.8 Å². The van der Waals surface area contributed by atoms with E-state index in [0.29, 0.717) is 0 Å². The zero-order valence-corrected chi connectivity index (χ0v) is 15.6. The van der Waals surface area contributed by atoms with Crippen molar-refractivity contribution in [1.29, 1.82) is 0 Å². The van der Waals surface area contributed by atoms with Crippen LogP contribution in [0, 0.1) is 0 Å². The Morgan fingerprint density at radius 3 is 2.23 bits per heavy atom. The molecular formula is C23H25NO2. The van der Waals surface area contributed by atoms with Crippen molar-refractivity contribution in [2.45, 2.75) is 19.8 Å². The number of anilines is 1. The molecule has 0 saturated carbocycles. The van der Waals surface area contributed by atoms with Crippen LogP contribution in [-0.2, 0) is 9.53 Å². The van der Waals surface area contributed by atoms with Crippen molar-refractivity contribution in [1.82, 2.24) is 0 Å². The molecule has 0 N–H and O–H groups in total. The van der Waals surface area contributed by atoms with E-state index in [2.05, 4.69) is 49.1 Å². The zero-order valence-electron chi connectivity index (χ0n) is 15.6. The average Bonchev–Trinajstić information content (AvgIpc) is 2.70. The molecule has 0 aliphatic rings. The fourth-order valence-electron chi connectivity index (χ4n) is 3.53. The molecule has 0 aromatic heterocycles. The molecule has 0 aliphatic carbocycles. The van der Waals surface area contributed by atoms with Crippen molar-refractivity contribution >= 4 is 22.4 Å². The van der Waals surface area contributed by atoms with E-state index in [1.54, 1.807) is 0 Å². The minimum atomic E-state index is -0.433. The second-order valence-corrected chi connectivity index (χ2v) is 6.29. The van der Waals surface area contributed by atoms with Crippen molar-refractivity contribution in [2.75, 3.05) is 25.1 Å². The van der Waals surface area contributed by atoms with E-state index in [0.717, 1.165) is 35.0 Å². The summed E-state index contributed by atoms with van der Waals surface area (Å²) in [7, 11) is 1.45. The standard InChI is InChI=1S/C23H25NO2/c1-4-24(5-2)19-15-13-18(14-16-19)22(23(25)26-3)21-12-8-10-17-9-6-7-11-20(17)21/h6-16,22H,4-5H2,1-3H3. The van der Waals surface area contributed by atoms with Crippen LogP contribution in [0.15, 0.2) is 66.7 Å². The molecule has 26 heavy (non-hydrogen) atoms. The molecule has 1 unspecified atom stereocenters. The number of rotatable bonds is 6. The van der Waals surface area contributed by atoms with Gasteiger partial charge in [-0.2, -0.15) is 0 Å². The lowest BCUT2D eigenvalue weighted by atomic mass is 9.87. The smallest absolute Gasteiger partial charge is 0.317 e. The van der Waals surface area contributed by atoms with Crippen LogP contribution in [0.4, 0.5) is 5.69 Å². The summed E-state index contributed by atoms with van der Waals surface area (Å²) in [6.45, 7) is 6.20. The third-order valence-corrected chi connectivity index (χ3v) is 4.93. The Labute approximate surface area is 155 Å². The van der Waals surface area contributed by atoms with Gasteiger partial charge in [0.05, 0.1) is 7.11 Å². The van der Waals surface area contributed by atoms with Crippen LogP contribution in [0.5, 0.6) is 0 Å². The summed E-state index contributed by atoms with van der Waals surface area (Å²) in [5, 5.41) is 2.21. The van der Waals surface area contributed by atoms with Gasteiger partial charge in [0.1, 0.15) is 5.92 Å². The maximum Gasteiger partial charge on any atom is 0.317 e. The van der Waals surface area contributed by atoms with E-state index >= 15 is 0 Å². The Bertz CT molecular complexity index is 877. The van der Waals surface area contributed by atoms with Gasteiger partial charge in [-0.3, -0.25) is 4.79 Å². The molecule has 0 radical (unpaired) electrons. The fraction of sp³-hybridized carbons (Fsp3) is 0.261. The van der Waals surface area contributed by atoms with E-state index in [-0.39, 0.29) is 5.97 Å². The van der Waals surface area contributed by atoms with Crippen LogP contribution in [0.25, 0.3) is 10.8 Å². The first kappa shape index (κ1) is 18.0. The number of carbonyl (C=O) groups excluding carboxylic acids is 1. The highest BCUT2D eigenvalue weighted by Crippen LogP contribution is 2.32. The van der Waals surface area contributed by atoms with Crippen molar-refractivity contribution in [3.8, 4) is 0 Å². The number of esters is 1. The Morgan fingerprint density at radius 1 is 0.923 bits per heavy atom. The van der Waals surface area contributed by atoms with Crippen LogP contribution in [0.1, 0.15) is 30.9 Å². The second kappa shape index (κ2) is 8.05. The molecule has 0 spiro atoms. The van der Waals surface area contributed by atoms with Crippen molar-refractivity contribution in [3.63, 3.8) is 0 Å². The van der Waals surface area contributed by atoms with E-state index in [1.807, 2.05) is 36.4 Å². The highest BCUT2D eigenvalue weighted by Gasteiger charge is 2.25. The number of hydrogen-bond donors (Lipinski definition) is 0. The Balaban J connectivity index is 2.08. The van der Waals surface area contributed by atoms with Crippen molar-refractivity contribution < 1.29 is 9.53 Å². The van der Waals surface area contributed by atoms with Gasteiger partial charge < -0.3 is 9.64 Å². The number of fused-ring (bicyclic) bond motifs is 1. The van der Waals surface area contributed by atoms with Crippen LogP contribution >= 0.6 is 0 Å². The SMILES string of the molecule is CCN(CC)c1ccc(C(C(=O)OC)c2cccc3ccccc23)cc1. The Kier molecular flexibility index (Phi) is 5.57. The molecule has 0 heterocycles. The molecule has 0 fully saturated rings. The van der Waals surface area contributed by atoms with Crippen LogP contribution < -0.4 is 4.90 Å². The van der Waals surface area contributed by atoms with Gasteiger partial charge in [-0.25, -0.2) is 0 Å². The number of hydrogen-bond acceptors (Lipinski definition) is 3. The Hall–Kier alpha value is -2.81. The van der Waals surface area contributed by atoms with Crippen molar-refractivity contribution in [2.24, 2.45) is 0 Å². The van der Waals surface area contributed by atoms with Gasteiger partial charge in [-0.15, -0.1) is 0 Å². The number of benzene rings is 3. The van der Waals surface area contributed by atoms with Crippen LogP contribution in [0.2, 0.25) is 0 Å². The van der Waals surface area contributed by atoms with Crippen LogP contribution in [0.3, 0.4) is 0 Å². The number of methoxy groups -OCH3 is 1. The normalized spacial score (nSPS) is 12.0. The minimum Gasteiger partial charge on any atom is -0.468 e. The predicted molar refractivity (Wildman–Crippen MR) is 108 cm³/mol. The third-order valence-electron chi connectivity index (χ3n) is 4.93. The molecule has 0 amide bonds. The molecule has 0 bridgehead atoms. The van der Waals surface area contributed by atoms with Gasteiger partial charge in [-0.05, 0) is 47.9 Å². The molecule has 3 nitrogen and oxygen atoms in total. The third kappa shape index (κ3) is 3.43. The quantitative estimate of drug-likeness (QED) is 0.588. The zero-order chi connectivity index (χ0) is 18.5. The summed E-state index contributed by atoms with van der Waals surface area (Å²) in [4.78, 5) is 14.9. The maximum atomic E-state index is 12.7. The van der Waals surface area contributed by atoms with E-state index in [9.17, 15) is 4.79 Å². The lowest BCUT2D eigenvalue weighted by Gasteiger charge is -2.22. The molecule has 3 rings (SSSR count). The maximum absolute atomic E-state index is 12.7.